The molecule has 1 aromatic heterocycles. The van der Waals surface area contributed by atoms with Crippen LogP contribution in [0.2, 0.25) is 0 Å². The number of ketones is 1. The maximum Gasteiger partial charge on any atom is 0.303 e. The molecule has 5 rings (SSSR count). The molecular weight excluding hydrogens is 516 g/mol. The maximum absolute atomic E-state index is 14.0. The van der Waals surface area contributed by atoms with Crippen LogP contribution in [0.4, 0.5) is 11.4 Å². The molecule has 0 saturated carbocycles. The topological polar surface area (TPSA) is 128 Å². The minimum absolute atomic E-state index is 0.155. The quantitative estimate of drug-likeness (QED) is 0.398. The lowest BCUT2D eigenvalue weighted by Crippen LogP contribution is -2.38. The number of carboxylic acids is 1. The smallest absolute Gasteiger partial charge is 0.303 e. The van der Waals surface area contributed by atoms with E-state index in [0.717, 1.165) is 0 Å². The van der Waals surface area contributed by atoms with Crippen LogP contribution in [-0.4, -0.2) is 44.1 Å². The molecule has 0 spiro atoms. The molecule has 0 fully saturated rings. The molecule has 1 aliphatic carbocycles. The first kappa shape index (κ1) is 26.9. The van der Waals surface area contributed by atoms with Gasteiger partial charge in [0, 0.05) is 30.0 Å². The molecular formula is C30H30N2O8. The Bertz CT molecular complexity index is 1450. The molecule has 2 aromatic carbocycles. The predicted molar refractivity (Wildman–Crippen MR) is 146 cm³/mol. The lowest BCUT2D eigenvalue weighted by atomic mass is 9.80. The Morgan fingerprint density at radius 3 is 2.35 bits per heavy atom. The van der Waals surface area contributed by atoms with E-state index < -0.39 is 17.9 Å². The number of hydrogen-bond acceptors (Lipinski definition) is 8. The second-order valence-electron chi connectivity index (χ2n) is 9.60. The highest BCUT2D eigenvalue weighted by molar-refractivity contribution is 6.06. The summed E-state index contributed by atoms with van der Waals surface area (Å²) in [5, 5.41) is 12.8. The van der Waals surface area contributed by atoms with Crippen LogP contribution in [0.1, 0.15) is 49.0 Å². The molecule has 10 heteroatoms. The van der Waals surface area contributed by atoms with Gasteiger partial charge >= 0.3 is 5.97 Å². The number of rotatable bonds is 8. The summed E-state index contributed by atoms with van der Waals surface area (Å²) in [4.78, 5) is 40.8. The zero-order valence-electron chi connectivity index (χ0n) is 22.4. The van der Waals surface area contributed by atoms with E-state index in [1.54, 1.807) is 36.6 Å². The van der Waals surface area contributed by atoms with E-state index in [1.165, 1.54) is 26.2 Å². The lowest BCUT2D eigenvalue weighted by molar-refractivity contribution is -0.138. The third-order valence-electron chi connectivity index (χ3n) is 7.26. The molecule has 2 N–H and O–H groups in total. The number of aliphatic carboxylic acids is 1. The standard InChI is InChI=1S/C30H30N2O8/c1-37-24-15-18(16-25(38-2)30(24)39-3)29-28-20(13-17(14-22(28)33)23-9-6-12-40-23)31-19-7-4-5-8-21(19)32(29)26(34)10-11-27(35)36/h4-9,12,15-17,29,31H,10-11,13-14H2,1-3H3,(H,35,36)/t17-,29-/m1/s1. The molecule has 0 radical (unpaired) electrons. The monoisotopic (exact) mass is 546 g/mol. The number of amides is 1. The zero-order chi connectivity index (χ0) is 28.4. The molecule has 40 heavy (non-hydrogen) atoms. The SMILES string of the molecule is COc1cc([C@@H]2C3=C(C[C@@H](c4ccco4)CC3=O)Nc3ccccc3N2C(=O)CCC(=O)O)cc(OC)c1OC. The summed E-state index contributed by atoms with van der Waals surface area (Å²) in [6, 6.07) is 13.4. The van der Waals surface area contributed by atoms with Gasteiger partial charge in [0.1, 0.15) is 5.76 Å². The molecule has 0 saturated heterocycles. The van der Waals surface area contributed by atoms with E-state index in [9.17, 15) is 19.5 Å². The highest BCUT2D eigenvalue weighted by Gasteiger charge is 2.42. The first-order valence-electron chi connectivity index (χ1n) is 12.9. The van der Waals surface area contributed by atoms with Crippen LogP contribution in [0.5, 0.6) is 17.2 Å². The number of carbonyl (C=O) groups excluding carboxylic acids is 2. The summed E-state index contributed by atoms with van der Waals surface area (Å²) in [5.74, 6) is -0.0737. The van der Waals surface area contributed by atoms with Crippen LogP contribution >= 0.6 is 0 Å². The van der Waals surface area contributed by atoms with E-state index >= 15 is 0 Å². The lowest BCUT2D eigenvalue weighted by Gasteiger charge is -2.35. The number of anilines is 2. The number of carboxylic acid groups (broad SMARTS) is 1. The second kappa shape index (κ2) is 11.2. The number of para-hydroxylation sites is 2. The van der Waals surface area contributed by atoms with Crippen molar-refractivity contribution in [3.05, 3.63) is 77.4 Å². The van der Waals surface area contributed by atoms with E-state index in [4.69, 9.17) is 18.6 Å². The van der Waals surface area contributed by atoms with Gasteiger partial charge in [0.2, 0.25) is 11.7 Å². The minimum Gasteiger partial charge on any atom is -0.493 e. The van der Waals surface area contributed by atoms with Gasteiger partial charge < -0.3 is 29.1 Å². The molecule has 208 valence electrons. The number of nitrogens with zero attached hydrogens (tertiary/aromatic N) is 1. The number of benzene rings is 2. The molecule has 1 aliphatic heterocycles. The van der Waals surface area contributed by atoms with Gasteiger partial charge in [-0.2, -0.15) is 0 Å². The minimum atomic E-state index is -1.09. The van der Waals surface area contributed by atoms with Crippen molar-refractivity contribution in [1.82, 2.24) is 0 Å². The number of hydrogen-bond donors (Lipinski definition) is 2. The first-order valence-corrected chi connectivity index (χ1v) is 12.9. The number of nitrogens with one attached hydrogen (secondary N) is 1. The molecule has 2 aliphatic rings. The fraction of sp³-hybridized carbons (Fsp3) is 0.300. The number of Topliss-reactive ketones (excluding diaryl/α,β-unsaturated/α-hetero) is 1. The van der Waals surface area contributed by atoms with E-state index in [0.29, 0.717) is 57.6 Å². The Kier molecular flexibility index (Phi) is 7.50. The van der Waals surface area contributed by atoms with Crippen LogP contribution in [0, 0.1) is 0 Å². The molecule has 1 amide bonds. The fourth-order valence-electron chi connectivity index (χ4n) is 5.50. The van der Waals surface area contributed by atoms with Crippen molar-refractivity contribution in [2.75, 3.05) is 31.5 Å². The Morgan fingerprint density at radius 2 is 1.73 bits per heavy atom. The Morgan fingerprint density at radius 1 is 1.00 bits per heavy atom. The van der Waals surface area contributed by atoms with Crippen LogP contribution in [-0.2, 0) is 14.4 Å². The first-order chi connectivity index (χ1) is 19.4. The third kappa shape index (κ3) is 4.88. The van der Waals surface area contributed by atoms with Crippen molar-refractivity contribution in [3.8, 4) is 17.2 Å². The highest BCUT2D eigenvalue weighted by Crippen LogP contribution is 2.50. The van der Waals surface area contributed by atoms with E-state index in [-0.39, 0.29) is 31.0 Å². The number of carbonyl (C=O) groups is 3. The Hall–Kier alpha value is -4.73. The van der Waals surface area contributed by atoms with Crippen LogP contribution in [0.25, 0.3) is 0 Å². The average molecular weight is 547 g/mol. The summed E-state index contributed by atoms with van der Waals surface area (Å²) in [5.41, 5.74) is 2.78. The molecule has 2 heterocycles. The van der Waals surface area contributed by atoms with Crippen molar-refractivity contribution in [2.24, 2.45) is 0 Å². The van der Waals surface area contributed by atoms with Gasteiger partial charge in [0.25, 0.3) is 0 Å². The molecule has 0 unspecified atom stereocenters. The number of methoxy groups -OCH3 is 3. The molecule has 0 bridgehead atoms. The summed E-state index contributed by atoms with van der Waals surface area (Å²) in [6.45, 7) is 0. The Labute approximate surface area is 231 Å². The third-order valence-corrected chi connectivity index (χ3v) is 7.26. The summed E-state index contributed by atoms with van der Waals surface area (Å²) < 4.78 is 22.3. The van der Waals surface area contributed by atoms with Crippen molar-refractivity contribution in [2.45, 2.75) is 37.6 Å². The number of furan rings is 1. The zero-order valence-corrected chi connectivity index (χ0v) is 22.4. The van der Waals surface area contributed by atoms with Gasteiger partial charge in [-0.25, -0.2) is 0 Å². The van der Waals surface area contributed by atoms with Crippen LogP contribution in [0.15, 0.2) is 70.5 Å². The van der Waals surface area contributed by atoms with Crippen molar-refractivity contribution >= 4 is 29.0 Å². The summed E-state index contributed by atoms with van der Waals surface area (Å²) >= 11 is 0. The van der Waals surface area contributed by atoms with Gasteiger partial charge in [0.15, 0.2) is 17.3 Å². The van der Waals surface area contributed by atoms with Crippen molar-refractivity contribution < 1.29 is 38.1 Å². The van der Waals surface area contributed by atoms with Gasteiger partial charge in [-0.05, 0) is 48.4 Å². The van der Waals surface area contributed by atoms with Crippen molar-refractivity contribution in [3.63, 3.8) is 0 Å². The number of allylic oxidation sites excluding steroid dienone is 1. The summed E-state index contributed by atoms with van der Waals surface area (Å²) in [6.07, 6.45) is 1.63. The second-order valence-corrected chi connectivity index (χ2v) is 9.60. The van der Waals surface area contributed by atoms with Gasteiger partial charge in [-0.3, -0.25) is 19.3 Å². The number of ether oxygens (including phenoxy) is 3. The average Bonchev–Trinajstić information content (AvgIpc) is 3.45. The normalized spacial score (nSPS) is 18.3. The van der Waals surface area contributed by atoms with Crippen LogP contribution in [0.3, 0.4) is 0 Å². The van der Waals surface area contributed by atoms with Gasteiger partial charge in [-0.1, -0.05) is 12.1 Å². The van der Waals surface area contributed by atoms with Gasteiger partial charge in [-0.15, -0.1) is 0 Å². The van der Waals surface area contributed by atoms with Gasteiger partial charge in [0.05, 0.1) is 51.4 Å². The molecule has 10 nitrogen and oxygen atoms in total. The fourth-order valence-corrected chi connectivity index (χ4v) is 5.50. The highest BCUT2D eigenvalue weighted by atomic mass is 16.5. The molecule has 2 atom stereocenters. The summed E-state index contributed by atoms with van der Waals surface area (Å²) in [7, 11) is 4.48. The Balaban J connectivity index is 1.75. The van der Waals surface area contributed by atoms with E-state index in [1.807, 2.05) is 18.2 Å². The largest absolute Gasteiger partial charge is 0.493 e. The number of fused-ring (bicyclic) bond motifs is 1. The predicted octanol–water partition coefficient (Wildman–Crippen LogP) is 5.07. The molecule has 3 aromatic rings. The maximum atomic E-state index is 14.0. The van der Waals surface area contributed by atoms with E-state index in [2.05, 4.69) is 5.32 Å². The van der Waals surface area contributed by atoms with Crippen molar-refractivity contribution in [1.29, 1.82) is 0 Å². The van der Waals surface area contributed by atoms with Crippen LogP contribution < -0.4 is 24.4 Å².